The minimum Gasteiger partial charge on any atom is -1.00 e. The molecule has 0 bridgehead atoms. The molecule has 0 aliphatic rings. The standard InChI is InChI=1S/C27H52N2O4P.ClH/c1-5-6-7-8-9-10-11-12-13-14-15-16-17-18-19-21-27(31)28-22-20-23-29(2,3)24-26(30)25-33-34(4)32;/h10-13,26,30H,5-9,14-25H2,1-4H3;1H/q+1;/p+1/b11-10+,13-12-;. The zero-order valence-corrected chi connectivity index (χ0v) is 24.6. The van der Waals surface area contributed by atoms with Gasteiger partial charge >= 0.3 is 13.9 Å². The fraction of sp³-hybridized carbons (Fsp3) is 0.815. The van der Waals surface area contributed by atoms with Crippen molar-refractivity contribution < 1.29 is 41.2 Å². The van der Waals surface area contributed by atoms with Crippen molar-refractivity contribution in [3.05, 3.63) is 24.3 Å². The first-order valence-electron chi connectivity index (χ1n) is 13.5. The van der Waals surface area contributed by atoms with Crippen LogP contribution in [0.25, 0.3) is 0 Å². The predicted molar refractivity (Wildman–Crippen MR) is 143 cm³/mol. The maximum atomic E-state index is 12.1. The van der Waals surface area contributed by atoms with E-state index in [1.807, 2.05) is 5.32 Å². The predicted octanol–water partition coefficient (Wildman–Crippen LogP) is 2.11. The Labute approximate surface area is 222 Å². The Morgan fingerprint density at radius 3 is 2.14 bits per heavy atom. The Hall–Kier alpha value is -0.620. The Balaban J connectivity index is 0. The Morgan fingerprint density at radius 2 is 1.54 bits per heavy atom. The molecule has 0 heterocycles. The van der Waals surface area contributed by atoms with Gasteiger partial charge in [-0.2, -0.15) is 0 Å². The zero-order valence-electron chi connectivity index (χ0n) is 22.9. The van der Waals surface area contributed by atoms with Crippen molar-refractivity contribution in [3.63, 3.8) is 0 Å². The van der Waals surface area contributed by atoms with E-state index < -0.39 is 14.1 Å². The van der Waals surface area contributed by atoms with E-state index in [4.69, 9.17) is 4.52 Å². The highest BCUT2D eigenvalue weighted by Crippen LogP contribution is 2.15. The summed E-state index contributed by atoms with van der Waals surface area (Å²) >= 11 is 0. The van der Waals surface area contributed by atoms with Gasteiger partial charge in [-0.3, -0.25) is 5.32 Å². The number of unbranched alkanes of at least 4 members (excludes halogenated alkanes) is 9. The second-order valence-corrected chi connectivity index (χ2v) is 11.2. The van der Waals surface area contributed by atoms with E-state index in [9.17, 15) is 14.5 Å². The molecule has 0 rings (SSSR count). The summed E-state index contributed by atoms with van der Waals surface area (Å²) in [7, 11) is 2.43. The van der Waals surface area contributed by atoms with Gasteiger partial charge in [0.2, 0.25) is 0 Å². The van der Waals surface area contributed by atoms with Crippen molar-refractivity contribution in [3.8, 4) is 0 Å². The molecule has 8 heteroatoms. The van der Waals surface area contributed by atoms with Crippen LogP contribution in [0.1, 0.15) is 90.4 Å². The maximum absolute atomic E-state index is 12.1. The smallest absolute Gasteiger partial charge is 0.504 e. The minimum absolute atomic E-state index is 0. The van der Waals surface area contributed by atoms with Crippen LogP contribution in [0.15, 0.2) is 24.3 Å². The molecule has 0 radical (unpaired) electrons. The molecule has 1 amide bonds. The number of nitrogens with zero attached hydrogens (tertiary/aromatic N) is 1. The van der Waals surface area contributed by atoms with Crippen LogP contribution < -0.4 is 17.7 Å². The Bertz CT molecular complexity index is 586. The third kappa shape index (κ3) is 27.8. The summed E-state index contributed by atoms with van der Waals surface area (Å²) in [5.74, 6) is 0.259. The molecule has 0 aliphatic carbocycles. The molecule has 0 fully saturated rings. The molecule has 2 unspecified atom stereocenters. The second kappa shape index (κ2) is 25.0. The van der Waals surface area contributed by atoms with Crippen LogP contribution in [0.2, 0.25) is 0 Å². The normalized spacial score (nSPS) is 13.3. The van der Waals surface area contributed by atoms with Gasteiger partial charge < -0.3 is 22.0 Å². The van der Waals surface area contributed by atoms with Crippen molar-refractivity contribution in [1.29, 1.82) is 0 Å². The number of hydrogen-bond donors (Lipinski definition) is 2. The number of hydrogen-bond acceptors (Lipinski definition) is 4. The lowest BCUT2D eigenvalue weighted by atomic mass is 10.1. The summed E-state index contributed by atoms with van der Waals surface area (Å²) in [6.45, 7) is 6.05. The number of amides is 1. The first kappa shape index (κ1) is 36.5. The second-order valence-electron chi connectivity index (χ2n) is 10.1. The number of allylic oxidation sites excluding steroid dienone is 4. The van der Waals surface area contributed by atoms with Crippen LogP contribution in [0.3, 0.4) is 0 Å². The van der Waals surface area contributed by atoms with Crippen LogP contribution in [0, 0.1) is 0 Å². The monoisotopic (exact) mass is 536 g/mol. The molecule has 0 aliphatic heterocycles. The highest BCUT2D eigenvalue weighted by atomic mass is 35.5. The number of carbonyl (C=O) groups is 1. The maximum Gasteiger partial charge on any atom is 0.504 e. The van der Waals surface area contributed by atoms with Crippen molar-refractivity contribution in [1.82, 2.24) is 0 Å². The molecule has 0 aromatic heterocycles. The van der Waals surface area contributed by atoms with E-state index in [0.29, 0.717) is 17.4 Å². The van der Waals surface area contributed by atoms with Gasteiger partial charge in [0.15, 0.2) is 6.66 Å². The summed E-state index contributed by atoms with van der Waals surface area (Å²) in [5, 5.41) is 11.8. The van der Waals surface area contributed by atoms with Crippen molar-refractivity contribution in [2.75, 3.05) is 47.0 Å². The number of halogens is 1. The van der Waals surface area contributed by atoms with Gasteiger partial charge in [-0.1, -0.05) is 69.8 Å². The lowest BCUT2D eigenvalue weighted by molar-refractivity contribution is -0.894. The van der Waals surface area contributed by atoms with Crippen LogP contribution in [0.5, 0.6) is 0 Å². The molecular formula is C27H54ClN2O4P+2. The molecule has 3 N–H and O–H groups in total. The quantitative estimate of drug-likeness (QED) is 0.0907. The first-order chi connectivity index (χ1) is 16.3. The Kier molecular flexibility index (Phi) is 26.1. The molecule has 0 aromatic carbocycles. The number of nitrogens with two attached hydrogens (primary N) is 1. The van der Waals surface area contributed by atoms with Crippen LogP contribution in [-0.4, -0.2) is 68.6 Å². The van der Waals surface area contributed by atoms with Crippen molar-refractivity contribution in [2.24, 2.45) is 0 Å². The highest BCUT2D eigenvalue weighted by molar-refractivity contribution is 7.38. The van der Waals surface area contributed by atoms with Crippen LogP contribution in [-0.2, 0) is 13.9 Å². The van der Waals surface area contributed by atoms with Crippen LogP contribution in [0.4, 0.5) is 0 Å². The van der Waals surface area contributed by atoms with E-state index in [2.05, 4.69) is 45.3 Å². The lowest BCUT2D eigenvalue weighted by Gasteiger charge is -2.31. The largest absolute Gasteiger partial charge is 1.00 e. The molecular weight excluding hydrogens is 483 g/mol. The summed E-state index contributed by atoms with van der Waals surface area (Å²) in [4.78, 5) is 12.1. The number of likely N-dealkylation sites (N-methyl/N-ethyl adjacent to an activating group) is 1. The summed E-state index contributed by atoms with van der Waals surface area (Å²) < 4.78 is 16.6. The van der Waals surface area contributed by atoms with E-state index in [1.54, 1.807) is 0 Å². The number of carbonyl (C=O) groups excluding carboxylic acids is 1. The Morgan fingerprint density at radius 1 is 0.971 bits per heavy atom. The molecule has 6 nitrogen and oxygen atoms in total. The third-order valence-electron chi connectivity index (χ3n) is 5.89. The fourth-order valence-corrected chi connectivity index (χ4v) is 4.30. The third-order valence-corrected chi connectivity index (χ3v) is 6.41. The van der Waals surface area contributed by atoms with E-state index in [0.717, 1.165) is 38.8 Å². The van der Waals surface area contributed by atoms with Crippen molar-refractivity contribution in [2.45, 2.75) is 96.5 Å². The number of quaternary nitrogens is 2. The first-order valence-corrected chi connectivity index (χ1v) is 15.1. The van der Waals surface area contributed by atoms with E-state index in [1.165, 1.54) is 58.0 Å². The van der Waals surface area contributed by atoms with E-state index in [-0.39, 0.29) is 24.9 Å². The molecule has 0 saturated carbocycles. The van der Waals surface area contributed by atoms with E-state index >= 15 is 0 Å². The lowest BCUT2D eigenvalue weighted by Crippen LogP contribution is -3.00. The minimum atomic E-state index is -1.68. The number of aliphatic hydroxyl groups excluding tert-OH is 1. The van der Waals surface area contributed by atoms with Gasteiger partial charge in [0.1, 0.15) is 19.3 Å². The van der Waals surface area contributed by atoms with Gasteiger partial charge in [0.05, 0.1) is 33.6 Å². The molecule has 0 saturated heterocycles. The molecule has 2 atom stereocenters. The molecule has 0 spiro atoms. The summed E-state index contributed by atoms with van der Waals surface area (Å²) in [6.07, 6.45) is 23.3. The fourth-order valence-electron chi connectivity index (χ4n) is 3.92. The number of aliphatic hydroxyl groups is 1. The van der Waals surface area contributed by atoms with Gasteiger partial charge in [-0.25, -0.2) is 4.79 Å². The zero-order chi connectivity index (χ0) is 25.5. The molecule has 35 heavy (non-hydrogen) atoms. The summed E-state index contributed by atoms with van der Waals surface area (Å²) in [6, 6.07) is 0. The highest BCUT2D eigenvalue weighted by Gasteiger charge is 2.23. The SMILES string of the molecule is CCCCCC/C=C/C=C\CCCCCCCC(=O)[NH2+]CCC[N+](C)(C)CC(O)CO[P+](C)=O.[Cl-]. The average molecular weight is 537 g/mol. The average Bonchev–Trinajstić information content (AvgIpc) is 2.77. The van der Waals surface area contributed by atoms with Gasteiger partial charge in [-0.05, 0) is 36.7 Å². The molecule has 206 valence electrons. The van der Waals surface area contributed by atoms with Gasteiger partial charge in [0.25, 0.3) is 0 Å². The topological polar surface area (TPSA) is 80.2 Å². The number of rotatable bonds is 23. The molecule has 0 aromatic rings. The van der Waals surface area contributed by atoms with Gasteiger partial charge in [-0.15, -0.1) is 4.52 Å². The van der Waals surface area contributed by atoms with Gasteiger partial charge in [0, 0.05) is 6.42 Å². The van der Waals surface area contributed by atoms with Crippen molar-refractivity contribution >= 4 is 13.9 Å². The summed E-state index contributed by atoms with van der Waals surface area (Å²) in [5.41, 5.74) is 0. The van der Waals surface area contributed by atoms with Crippen LogP contribution >= 0.6 is 8.03 Å². The number of primary amides is 1.